The topological polar surface area (TPSA) is 24.3 Å². The highest BCUT2D eigenvalue weighted by molar-refractivity contribution is 6.09. The Morgan fingerprint density at radius 3 is 2.34 bits per heavy atom. The lowest BCUT2D eigenvalue weighted by atomic mass is 10.1. The van der Waals surface area contributed by atoms with Crippen LogP contribution >= 0.6 is 0 Å². The number of rotatable bonds is 7. The summed E-state index contributed by atoms with van der Waals surface area (Å²) in [5, 5.41) is 2.59. The van der Waals surface area contributed by atoms with Crippen LogP contribution in [0.25, 0.3) is 21.8 Å². The van der Waals surface area contributed by atoms with Gasteiger partial charge in [0.15, 0.2) is 0 Å². The van der Waals surface area contributed by atoms with Crippen LogP contribution in [-0.2, 0) is 6.54 Å². The fourth-order valence-electron chi connectivity index (χ4n) is 4.12. The van der Waals surface area contributed by atoms with E-state index in [1.807, 2.05) is 0 Å². The maximum Gasteiger partial charge on any atom is 0.129 e. The first-order valence-corrected chi connectivity index (χ1v) is 10.3. The third kappa shape index (κ3) is 3.99. The molecule has 0 amide bonds. The van der Waals surface area contributed by atoms with Crippen molar-refractivity contribution in [3.05, 3.63) is 71.9 Å². The average Bonchev–Trinajstić information content (AvgIpc) is 3.03. The zero-order valence-corrected chi connectivity index (χ0v) is 17.9. The molecule has 0 spiro atoms. The second-order valence-electron chi connectivity index (χ2n) is 8.13. The summed E-state index contributed by atoms with van der Waals surface area (Å²) in [4.78, 5) is 9.49. The molecule has 4 rings (SSSR count). The number of pyridine rings is 1. The van der Waals surface area contributed by atoms with Crippen LogP contribution in [0.5, 0.6) is 0 Å². The lowest BCUT2D eigenvalue weighted by Crippen LogP contribution is -2.24. The molecule has 2 aromatic carbocycles. The van der Waals surface area contributed by atoms with Crippen molar-refractivity contribution >= 4 is 27.6 Å². The molecule has 0 saturated heterocycles. The standard InChI is InChI=1S/C25H30N4/c1-19-25-22(17-24(26-19)28(4)16-10-15-27(2)3)21-13-8-9-14-23(21)29(25)18-20-11-6-5-7-12-20/h5-9,11-14,17H,10,15-16,18H2,1-4H3. The largest absolute Gasteiger partial charge is 0.360 e. The molecule has 0 radical (unpaired) electrons. The summed E-state index contributed by atoms with van der Waals surface area (Å²) in [6.45, 7) is 5.08. The van der Waals surface area contributed by atoms with E-state index in [9.17, 15) is 0 Å². The van der Waals surface area contributed by atoms with Gasteiger partial charge in [-0.05, 0) is 51.7 Å². The van der Waals surface area contributed by atoms with Gasteiger partial charge in [-0.15, -0.1) is 0 Å². The molecule has 0 bridgehead atoms. The van der Waals surface area contributed by atoms with Crippen LogP contribution in [0.3, 0.4) is 0 Å². The number of benzene rings is 2. The van der Waals surface area contributed by atoms with Crippen molar-refractivity contribution in [3.63, 3.8) is 0 Å². The molecule has 150 valence electrons. The summed E-state index contributed by atoms with van der Waals surface area (Å²) >= 11 is 0. The second-order valence-corrected chi connectivity index (χ2v) is 8.13. The number of aryl methyl sites for hydroxylation is 1. The van der Waals surface area contributed by atoms with E-state index < -0.39 is 0 Å². The van der Waals surface area contributed by atoms with Crippen molar-refractivity contribution in [2.45, 2.75) is 19.9 Å². The highest BCUT2D eigenvalue weighted by atomic mass is 15.2. The molecule has 4 aromatic rings. The van der Waals surface area contributed by atoms with Crippen LogP contribution in [0.2, 0.25) is 0 Å². The number of aromatic nitrogens is 2. The Kier molecular flexibility index (Phi) is 5.54. The lowest BCUT2D eigenvalue weighted by Gasteiger charge is -2.20. The molecule has 4 heteroatoms. The van der Waals surface area contributed by atoms with Gasteiger partial charge in [0.05, 0.1) is 11.2 Å². The monoisotopic (exact) mass is 386 g/mol. The molecule has 0 aliphatic heterocycles. The van der Waals surface area contributed by atoms with Crippen molar-refractivity contribution in [1.29, 1.82) is 0 Å². The summed E-state index contributed by atoms with van der Waals surface area (Å²) in [5.41, 5.74) is 4.90. The summed E-state index contributed by atoms with van der Waals surface area (Å²) in [5.74, 6) is 1.05. The number of fused-ring (bicyclic) bond motifs is 3. The zero-order valence-electron chi connectivity index (χ0n) is 17.9. The van der Waals surface area contributed by atoms with E-state index in [0.29, 0.717) is 0 Å². The number of hydrogen-bond donors (Lipinski definition) is 0. The van der Waals surface area contributed by atoms with Crippen molar-refractivity contribution in [1.82, 2.24) is 14.5 Å². The first kappa shape index (κ1) is 19.5. The molecule has 0 N–H and O–H groups in total. The van der Waals surface area contributed by atoms with Gasteiger partial charge in [-0.3, -0.25) is 0 Å². The number of para-hydroxylation sites is 1. The lowest BCUT2D eigenvalue weighted by molar-refractivity contribution is 0.401. The highest BCUT2D eigenvalue weighted by Gasteiger charge is 2.16. The number of nitrogens with zero attached hydrogens (tertiary/aromatic N) is 4. The molecule has 4 nitrogen and oxygen atoms in total. The van der Waals surface area contributed by atoms with Crippen LogP contribution in [0.4, 0.5) is 5.82 Å². The molecule has 2 aromatic heterocycles. The molecule has 0 atom stereocenters. The van der Waals surface area contributed by atoms with E-state index >= 15 is 0 Å². The zero-order chi connectivity index (χ0) is 20.4. The van der Waals surface area contributed by atoms with E-state index in [1.165, 1.54) is 27.4 Å². The normalized spacial score (nSPS) is 11.6. The predicted octanol–water partition coefficient (Wildman–Crippen LogP) is 4.93. The Morgan fingerprint density at radius 2 is 1.59 bits per heavy atom. The van der Waals surface area contributed by atoms with E-state index in [1.54, 1.807) is 0 Å². The summed E-state index contributed by atoms with van der Waals surface area (Å²) in [6.07, 6.45) is 1.12. The Balaban J connectivity index is 1.78. The van der Waals surface area contributed by atoms with Gasteiger partial charge in [-0.25, -0.2) is 4.98 Å². The average molecular weight is 387 g/mol. The minimum Gasteiger partial charge on any atom is -0.360 e. The van der Waals surface area contributed by atoms with Gasteiger partial charge in [0.2, 0.25) is 0 Å². The molecule has 0 unspecified atom stereocenters. The smallest absolute Gasteiger partial charge is 0.129 e. The van der Waals surface area contributed by atoms with Crippen LogP contribution in [0.1, 0.15) is 17.7 Å². The third-order valence-corrected chi connectivity index (χ3v) is 5.58. The Labute approximate surface area is 173 Å². The SMILES string of the molecule is Cc1nc(N(C)CCCN(C)C)cc2c3ccccc3n(Cc3ccccc3)c12. The quantitative estimate of drug-likeness (QED) is 0.450. The van der Waals surface area contributed by atoms with Gasteiger partial charge in [0.25, 0.3) is 0 Å². The molecule has 0 aliphatic rings. The van der Waals surface area contributed by atoms with Crippen molar-refractivity contribution in [2.75, 3.05) is 39.1 Å². The second kappa shape index (κ2) is 8.26. The van der Waals surface area contributed by atoms with Gasteiger partial charge in [0.1, 0.15) is 5.82 Å². The van der Waals surface area contributed by atoms with Crippen LogP contribution in [0.15, 0.2) is 60.7 Å². The van der Waals surface area contributed by atoms with E-state index in [4.69, 9.17) is 4.98 Å². The van der Waals surface area contributed by atoms with E-state index in [-0.39, 0.29) is 0 Å². The highest BCUT2D eigenvalue weighted by Crippen LogP contribution is 2.33. The summed E-state index contributed by atoms with van der Waals surface area (Å²) < 4.78 is 2.41. The molecular formula is C25H30N4. The maximum atomic E-state index is 4.99. The Morgan fingerprint density at radius 1 is 0.862 bits per heavy atom. The fraction of sp³-hybridized carbons (Fsp3) is 0.320. The van der Waals surface area contributed by atoms with Gasteiger partial charge in [-0.2, -0.15) is 0 Å². The van der Waals surface area contributed by atoms with Gasteiger partial charge >= 0.3 is 0 Å². The van der Waals surface area contributed by atoms with Crippen molar-refractivity contribution in [3.8, 4) is 0 Å². The minimum atomic E-state index is 0.853. The first-order valence-electron chi connectivity index (χ1n) is 10.3. The van der Waals surface area contributed by atoms with Crippen LogP contribution in [0, 0.1) is 6.92 Å². The minimum absolute atomic E-state index is 0.853. The Hall–Kier alpha value is -2.85. The summed E-state index contributed by atoms with van der Waals surface area (Å²) in [6, 6.07) is 21.6. The maximum absolute atomic E-state index is 4.99. The number of hydrogen-bond acceptors (Lipinski definition) is 3. The molecule has 29 heavy (non-hydrogen) atoms. The van der Waals surface area contributed by atoms with E-state index in [2.05, 4.69) is 103 Å². The van der Waals surface area contributed by atoms with Crippen molar-refractivity contribution in [2.24, 2.45) is 0 Å². The van der Waals surface area contributed by atoms with Crippen LogP contribution < -0.4 is 4.90 Å². The Bertz CT molecular complexity index is 1110. The molecule has 0 fully saturated rings. The third-order valence-electron chi connectivity index (χ3n) is 5.58. The molecule has 0 saturated carbocycles. The number of anilines is 1. The predicted molar refractivity (Wildman–Crippen MR) is 124 cm³/mol. The van der Waals surface area contributed by atoms with Gasteiger partial charge in [0, 0.05) is 36.4 Å². The molecular weight excluding hydrogens is 356 g/mol. The molecule has 0 aliphatic carbocycles. The summed E-state index contributed by atoms with van der Waals surface area (Å²) in [7, 11) is 6.39. The van der Waals surface area contributed by atoms with Gasteiger partial charge < -0.3 is 14.4 Å². The molecule has 2 heterocycles. The van der Waals surface area contributed by atoms with Gasteiger partial charge in [-0.1, -0.05) is 48.5 Å². The van der Waals surface area contributed by atoms with Crippen molar-refractivity contribution < 1.29 is 0 Å². The van der Waals surface area contributed by atoms with E-state index in [0.717, 1.165) is 37.6 Å². The fourth-order valence-corrected chi connectivity index (χ4v) is 4.12. The van der Waals surface area contributed by atoms with Crippen LogP contribution in [-0.4, -0.2) is 48.7 Å². The first-order chi connectivity index (χ1) is 14.0.